The van der Waals surface area contributed by atoms with Crippen LogP contribution in [0.1, 0.15) is 58.3 Å². The molecule has 2 fully saturated rings. The van der Waals surface area contributed by atoms with Gasteiger partial charge in [-0.2, -0.15) is 0 Å². The van der Waals surface area contributed by atoms with E-state index in [1.54, 1.807) is 0 Å². The molecule has 104 valence electrons. The lowest BCUT2D eigenvalue weighted by atomic mass is 9.95. The third-order valence-electron chi connectivity index (χ3n) is 4.41. The molecule has 0 amide bonds. The Labute approximate surface area is 111 Å². The van der Waals surface area contributed by atoms with Gasteiger partial charge in [0.05, 0.1) is 12.5 Å². The van der Waals surface area contributed by atoms with E-state index in [2.05, 4.69) is 4.90 Å². The average molecular weight is 253 g/mol. The van der Waals surface area contributed by atoms with Gasteiger partial charge in [-0.1, -0.05) is 25.7 Å². The number of likely N-dealkylation sites (tertiary alicyclic amines) is 1. The molecule has 0 aromatic carbocycles. The van der Waals surface area contributed by atoms with E-state index in [1.165, 1.54) is 45.1 Å². The summed E-state index contributed by atoms with van der Waals surface area (Å²) in [6.45, 7) is 4.52. The van der Waals surface area contributed by atoms with Crippen LogP contribution in [-0.2, 0) is 9.53 Å². The second-order valence-corrected chi connectivity index (χ2v) is 5.73. The molecule has 1 aliphatic carbocycles. The van der Waals surface area contributed by atoms with Gasteiger partial charge in [0.15, 0.2) is 0 Å². The Kier molecular flexibility index (Phi) is 5.48. The summed E-state index contributed by atoms with van der Waals surface area (Å²) in [6.07, 6.45) is 10.3. The van der Waals surface area contributed by atoms with Crippen molar-refractivity contribution in [2.24, 2.45) is 5.92 Å². The fraction of sp³-hybridized carbons (Fsp3) is 0.933. The molecule has 2 aliphatic rings. The molecule has 0 aromatic heterocycles. The number of carbonyl (C=O) groups excluding carboxylic acids is 1. The molecular weight excluding hydrogens is 226 g/mol. The van der Waals surface area contributed by atoms with E-state index in [0.29, 0.717) is 6.61 Å². The lowest BCUT2D eigenvalue weighted by Crippen LogP contribution is -2.44. The zero-order valence-electron chi connectivity index (χ0n) is 11.7. The summed E-state index contributed by atoms with van der Waals surface area (Å²) in [6, 6.07) is 0.727. The molecule has 0 N–H and O–H groups in total. The molecule has 1 atom stereocenters. The minimum absolute atomic E-state index is 0.0239. The summed E-state index contributed by atoms with van der Waals surface area (Å²) in [5.41, 5.74) is 0. The molecule has 2 rings (SSSR count). The number of hydrogen-bond acceptors (Lipinski definition) is 3. The molecule has 0 spiro atoms. The highest BCUT2D eigenvalue weighted by Crippen LogP contribution is 2.27. The molecule has 18 heavy (non-hydrogen) atoms. The van der Waals surface area contributed by atoms with Crippen molar-refractivity contribution in [1.29, 1.82) is 0 Å². The second-order valence-electron chi connectivity index (χ2n) is 5.73. The van der Waals surface area contributed by atoms with Crippen molar-refractivity contribution in [3.8, 4) is 0 Å². The zero-order chi connectivity index (χ0) is 12.8. The molecule has 0 aromatic rings. The van der Waals surface area contributed by atoms with Crippen LogP contribution in [-0.4, -0.2) is 36.6 Å². The first-order valence-electron chi connectivity index (χ1n) is 7.72. The number of rotatable bonds is 3. The van der Waals surface area contributed by atoms with E-state index >= 15 is 0 Å². The second kappa shape index (κ2) is 7.13. The predicted octanol–water partition coefficient (Wildman–Crippen LogP) is 2.98. The quantitative estimate of drug-likeness (QED) is 0.572. The Hall–Kier alpha value is -0.570. The standard InChI is InChI=1S/C15H27NO2/c1-2-18-15(17)13-8-7-11-16(12-13)14-9-5-3-4-6-10-14/h13-14H,2-12H2,1H3. The fourth-order valence-corrected chi connectivity index (χ4v) is 3.41. The predicted molar refractivity (Wildman–Crippen MR) is 72.4 cm³/mol. The van der Waals surface area contributed by atoms with Crippen LogP contribution in [0.3, 0.4) is 0 Å². The van der Waals surface area contributed by atoms with Gasteiger partial charge in [-0.25, -0.2) is 0 Å². The minimum atomic E-state index is 0.0239. The van der Waals surface area contributed by atoms with Crippen LogP contribution in [0.2, 0.25) is 0 Å². The van der Waals surface area contributed by atoms with Crippen molar-refractivity contribution in [2.45, 2.75) is 64.3 Å². The van der Waals surface area contributed by atoms with Crippen LogP contribution in [0, 0.1) is 5.92 Å². The van der Waals surface area contributed by atoms with Crippen LogP contribution in [0.4, 0.5) is 0 Å². The van der Waals surface area contributed by atoms with E-state index in [0.717, 1.165) is 25.4 Å². The monoisotopic (exact) mass is 253 g/mol. The normalized spacial score (nSPS) is 27.7. The van der Waals surface area contributed by atoms with Gasteiger partial charge in [0.2, 0.25) is 0 Å². The first kappa shape index (κ1) is 13.9. The maximum absolute atomic E-state index is 11.8. The summed E-state index contributed by atoms with van der Waals surface area (Å²) in [5.74, 6) is 0.151. The largest absolute Gasteiger partial charge is 0.466 e. The molecule has 1 saturated heterocycles. The number of nitrogens with zero attached hydrogens (tertiary/aromatic N) is 1. The molecule has 3 heteroatoms. The summed E-state index contributed by atoms with van der Waals surface area (Å²) < 4.78 is 5.18. The molecule has 1 aliphatic heterocycles. The minimum Gasteiger partial charge on any atom is -0.466 e. The van der Waals surface area contributed by atoms with Gasteiger partial charge in [-0.15, -0.1) is 0 Å². The Morgan fingerprint density at radius 2 is 1.83 bits per heavy atom. The molecule has 1 unspecified atom stereocenters. The van der Waals surface area contributed by atoms with Crippen LogP contribution < -0.4 is 0 Å². The summed E-state index contributed by atoms with van der Waals surface area (Å²) in [5, 5.41) is 0. The summed E-state index contributed by atoms with van der Waals surface area (Å²) in [4.78, 5) is 14.4. The zero-order valence-corrected chi connectivity index (χ0v) is 11.7. The Morgan fingerprint density at radius 1 is 1.11 bits per heavy atom. The first-order chi connectivity index (χ1) is 8.81. The van der Waals surface area contributed by atoms with E-state index in [-0.39, 0.29) is 11.9 Å². The van der Waals surface area contributed by atoms with Gasteiger partial charge in [0.1, 0.15) is 0 Å². The van der Waals surface area contributed by atoms with Gasteiger partial charge in [0.25, 0.3) is 0 Å². The van der Waals surface area contributed by atoms with Crippen molar-refractivity contribution >= 4 is 5.97 Å². The van der Waals surface area contributed by atoms with Gasteiger partial charge in [-0.3, -0.25) is 9.69 Å². The van der Waals surface area contributed by atoms with Crippen molar-refractivity contribution in [2.75, 3.05) is 19.7 Å². The van der Waals surface area contributed by atoms with Crippen molar-refractivity contribution in [3.05, 3.63) is 0 Å². The van der Waals surface area contributed by atoms with Gasteiger partial charge < -0.3 is 4.74 Å². The molecule has 3 nitrogen and oxygen atoms in total. The van der Waals surface area contributed by atoms with Crippen molar-refractivity contribution < 1.29 is 9.53 Å². The third-order valence-corrected chi connectivity index (χ3v) is 4.41. The van der Waals surface area contributed by atoms with E-state index < -0.39 is 0 Å². The SMILES string of the molecule is CCOC(=O)C1CCCN(C2CCCCCC2)C1. The fourth-order valence-electron chi connectivity index (χ4n) is 3.41. The van der Waals surface area contributed by atoms with Crippen molar-refractivity contribution in [3.63, 3.8) is 0 Å². The average Bonchev–Trinajstić information content (AvgIpc) is 2.68. The maximum Gasteiger partial charge on any atom is 0.310 e. The third kappa shape index (κ3) is 3.71. The first-order valence-corrected chi connectivity index (χ1v) is 7.72. The Morgan fingerprint density at radius 3 is 2.50 bits per heavy atom. The molecule has 1 saturated carbocycles. The van der Waals surface area contributed by atoms with Crippen molar-refractivity contribution in [1.82, 2.24) is 4.90 Å². The lowest BCUT2D eigenvalue weighted by Gasteiger charge is -2.37. The number of ether oxygens (including phenoxy) is 1. The number of piperidine rings is 1. The van der Waals surface area contributed by atoms with Crippen LogP contribution in [0.5, 0.6) is 0 Å². The molecular formula is C15H27NO2. The topological polar surface area (TPSA) is 29.5 Å². The molecule has 0 bridgehead atoms. The highest BCUT2D eigenvalue weighted by molar-refractivity contribution is 5.72. The van der Waals surface area contributed by atoms with E-state index in [4.69, 9.17) is 4.74 Å². The lowest BCUT2D eigenvalue weighted by molar-refractivity contribution is -0.150. The van der Waals surface area contributed by atoms with Gasteiger partial charge >= 0.3 is 5.97 Å². The van der Waals surface area contributed by atoms with Crippen LogP contribution in [0.25, 0.3) is 0 Å². The molecule has 1 heterocycles. The maximum atomic E-state index is 11.8. The summed E-state index contributed by atoms with van der Waals surface area (Å²) >= 11 is 0. The van der Waals surface area contributed by atoms with Crippen LogP contribution in [0.15, 0.2) is 0 Å². The highest BCUT2D eigenvalue weighted by atomic mass is 16.5. The van der Waals surface area contributed by atoms with E-state index in [1.807, 2.05) is 6.92 Å². The Balaban J connectivity index is 1.86. The van der Waals surface area contributed by atoms with Gasteiger partial charge in [-0.05, 0) is 39.2 Å². The van der Waals surface area contributed by atoms with Crippen LogP contribution >= 0.6 is 0 Å². The summed E-state index contributed by atoms with van der Waals surface area (Å²) in [7, 11) is 0. The highest BCUT2D eigenvalue weighted by Gasteiger charge is 2.30. The Bertz CT molecular complexity index is 259. The smallest absolute Gasteiger partial charge is 0.310 e. The molecule has 0 radical (unpaired) electrons. The van der Waals surface area contributed by atoms with E-state index in [9.17, 15) is 4.79 Å². The number of esters is 1. The number of hydrogen-bond donors (Lipinski definition) is 0. The number of carbonyl (C=O) groups is 1. The van der Waals surface area contributed by atoms with Gasteiger partial charge in [0, 0.05) is 12.6 Å².